The summed E-state index contributed by atoms with van der Waals surface area (Å²) >= 11 is 7.30. The van der Waals surface area contributed by atoms with E-state index < -0.39 is 10.0 Å². The number of benzene rings is 2. The Hall–Kier alpha value is -1.17. The maximum absolute atomic E-state index is 12.6. The lowest BCUT2D eigenvalue weighted by molar-refractivity contribution is 0.599. The average Bonchev–Trinajstić information content (AvgIpc) is 2.42. The first-order valence-electron chi connectivity index (χ1n) is 6.27. The summed E-state index contributed by atoms with van der Waals surface area (Å²) in [5, 5.41) is 0.397. The fourth-order valence-electron chi connectivity index (χ4n) is 1.99. The molecule has 0 aliphatic heterocycles. The lowest BCUT2D eigenvalue weighted by Crippen LogP contribution is -2.14. The lowest BCUT2D eigenvalue weighted by Gasteiger charge is -2.13. The summed E-state index contributed by atoms with van der Waals surface area (Å²) in [6, 6.07) is 10.4. The van der Waals surface area contributed by atoms with Crippen LogP contribution in [-0.4, -0.2) is 14.7 Å². The van der Waals surface area contributed by atoms with Crippen LogP contribution in [0.2, 0.25) is 5.02 Å². The quantitative estimate of drug-likeness (QED) is 0.834. The third kappa shape index (κ3) is 3.73. The van der Waals surface area contributed by atoms with Gasteiger partial charge in [-0.25, -0.2) is 8.42 Å². The summed E-state index contributed by atoms with van der Waals surface area (Å²) in [5.74, 6) is 0. The normalized spacial score (nSPS) is 11.4. The second-order valence-corrected chi connectivity index (χ2v) is 7.65. The number of hydrogen-bond donors (Lipinski definition) is 1. The number of thioether (sulfide) groups is 1. The summed E-state index contributed by atoms with van der Waals surface area (Å²) < 4.78 is 27.8. The molecule has 3 nitrogen and oxygen atoms in total. The van der Waals surface area contributed by atoms with Crippen LogP contribution in [-0.2, 0) is 10.0 Å². The highest BCUT2D eigenvalue weighted by molar-refractivity contribution is 7.99. The zero-order chi connectivity index (χ0) is 15.6. The van der Waals surface area contributed by atoms with E-state index in [1.807, 2.05) is 32.2 Å². The lowest BCUT2D eigenvalue weighted by atomic mass is 10.1. The fraction of sp³-hybridized carbons (Fsp3) is 0.200. The predicted octanol–water partition coefficient (Wildman–Crippen LogP) is 4.48. The van der Waals surface area contributed by atoms with Crippen molar-refractivity contribution in [2.45, 2.75) is 23.6 Å². The molecule has 0 radical (unpaired) electrons. The third-order valence-corrected chi connectivity index (χ3v) is 5.61. The number of hydrogen-bond acceptors (Lipinski definition) is 3. The first-order chi connectivity index (χ1) is 9.83. The molecule has 1 N–H and O–H groups in total. The van der Waals surface area contributed by atoms with Crippen molar-refractivity contribution in [2.75, 3.05) is 11.0 Å². The summed E-state index contributed by atoms with van der Waals surface area (Å²) in [6.07, 6.45) is 1.83. The number of sulfonamides is 1. The summed E-state index contributed by atoms with van der Waals surface area (Å²) in [6.45, 7) is 3.84. The van der Waals surface area contributed by atoms with Gasteiger partial charge in [-0.05, 0) is 49.9 Å². The van der Waals surface area contributed by atoms with Gasteiger partial charge in [0.1, 0.15) is 4.90 Å². The van der Waals surface area contributed by atoms with E-state index in [1.165, 1.54) is 17.8 Å². The minimum atomic E-state index is -3.67. The highest BCUT2D eigenvalue weighted by atomic mass is 35.5. The van der Waals surface area contributed by atoms with Crippen LogP contribution in [0.15, 0.2) is 46.2 Å². The fourth-order valence-corrected chi connectivity index (χ4v) is 4.51. The van der Waals surface area contributed by atoms with Gasteiger partial charge in [0.2, 0.25) is 0 Å². The molecule has 112 valence electrons. The van der Waals surface area contributed by atoms with Gasteiger partial charge in [0.25, 0.3) is 10.0 Å². The zero-order valence-corrected chi connectivity index (χ0v) is 14.4. The number of rotatable bonds is 4. The van der Waals surface area contributed by atoms with E-state index in [4.69, 9.17) is 11.6 Å². The average molecular weight is 342 g/mol. The van der Waals surface area contributed by atoms with Gasteiger partial charge in [0.05, 0.1) is 5.69 Å². The molecule has 0 aliphatic rings. The highest BCUT2D eigenvalue weighted by Gasteiger charge is 2.19. The summed E-state index contributed by atoms with van der Waals surface area (Å²) in [7, 11) is -3.67. The molecule has 0 saturated carbocycles. The van der Waals surface area contributed by atoms with Gasteiger partial charge in [0, 0.05) is 9.92 Å². The number of aryl methyl sites for hydroxylation is 2. The van der Waals surface area contributed by atoms with Crippen molar-refractivity contribution < 1.29 is 8.42 Å². The Bertz CT molecular complexity index is 773. The topological polar surface area (TPSA) is 46.2 Å². The van der Waals surface area contributed by atoms with Gasteiger partial charge in [-0.2, -0.15) is 0 Å². The molecule has 0 heterocycles. The van der Waals surface area contributed by atoms with E-state index in [0.717, 1.165) is 11.1 Å². The Labute approximate surface area is 134 Å². The molecular weight excluding hydrogens is 326 g/mol. The van der Waals surface area contributed by atoms with E-state index in [2.05, 4.69) is 4.72 Å². The number of halogens is 1. The van der Waals surface area contributed by atoms with Crippen molar-refractivity contribution in [1.29, 1.82) is 0 Å². The summed E-state index contributed by atoms with van der Waals surface area (Å²) in [5.41, 5.74) is 2.54. The highest BCUT2D eigenvalue weighted by Crippen LogP contribution is 2.30. The second kappa shape index (κ2) is 6.30. The molecule has 0 spiro atoms. The molecule has 0 bridgehead atoms. The molecular formula is C15H16ClNO2S2. The summed E-state index contributed by atoms with van der Waals surface area (Å²) in [4.78, 5) is 0.860. The predicted molar refractivity (Wildman–Crippen MR) is 90.0 cm³/mol. The van der Waals surface area contributed by atoms with Crippen LogP contribution in [0.25, 0.3) is 0 Å². The molecule has 2 rings (SSSR count). The van der Waals surface area contributed by atoms with Gasteiger partial charge in [-0.1, -0.05) is 29.3 Å². The Morgan fingerprint density at radius 2 is 1.81 bits per heavy atom. The standard InChI is InChI=1S/C15H16ClNO2S2/c1-10-4-6-13(11(2)8-10)17-21(18,19)15-9-12(16)5-7-14(15)20-3/h4-9,17H,1-3H3. The Balaban J connectivity index is 2.45. The maximum Gasteiger partial charge on any atom is 0.263 e. The van der Waals surface area contributed by atoms with Crippen LogP contribution in [0.4, 0.5) is 5.69 Å². The van der Waals surface area contributed by atoms with Gasteiger partial charge in [0.15, 0.2) is 0 Å². The SMILES string of the molecule is CSc1ccc(Cl)cc1S(=O)(=O)Nc1ccc(C)cc1C. The van der Waals surface area contributed by atoms with E-state index in [-0.39, 0.29) is 4.90 Å². The maximum atomic E-state index is 12.6. The van der Waals surface area contributed by atoms with Crippen molar-refractivity contribution in [2.24, 2.45) is 0 Å². The monoisotopic (exact) mass is 341 g/mol. The van der Waals surface area contributed by atoms with Crippen LogP contribution < -0.4 is 4.72 Å². The van der Waals surface area contributed by atoms with Gasteiger partial charge >= 0.3 is 0 Å². The van der Waals surface area contributed by atoms with Crippen molar-refractivity contribution in [1.82, 2.24) is 0 Å². The molecule has 2 aromatic carbocycles. The molecule has 0 unspecified atom stereocenters. The molecule has 2 aromatic rings. The molecule has 0 aromatic heterocycles. The van der Waals surface area contributed by atoms with Crippen LogP contribution in [0.3, 0.4) is 0 Å². The molecule has 0 amide bonds. The van der Waals surface area contributed by atoms with Crippen LogP contribution in [0.5, 0.6) is 0 Å². The number of anilines is 1. The van der Waals surface area contributed by atoms with Crippen molar-refractivity contribution in [3.63, 3.8) is 0 Å². The van der Waals surface area contributed by atoms with E-state index in [0.29, 0.717) is 15.6 Å². The Kier molecular flexibility index (Phi) is 4.86. The zero-order valence-electron chi connectivity index (χ0n) is 12.0. The smallest absolute Gasteiger partial charge is 0.263 e. The first-order valence-corrected chi connectivity index (χ1v) is 9.35. The molecule has 0 aliphatic carbocycles. The Morgan fingerprint density at radius 1 is 1.10 bits per heavy atom. The molecule has 0 saturated heterocycles. The van der Waals surface area contributed by atoms with Crippen LogP contribution in [0, 0.1) is 13.8 Å². The number of nitrogens with one attached hydrogen (secondary N) is 1. The van der Waals surface area contributed by atoms with E-state index in [1.54, 1.807) is 18.2 Å². The van der Waals surface area contributed by atoms with Crippen molar-refractivity contribution in [3.05, 3.63) is 52.5 Å². The first kappa shape index (κ1) is 16.2. The van der Waals surface area contributed by atoms with Crippen LogP contribution in [0.1, 0.15) is 11.1 Å². The molecule has 0 atom stereocenters. The van der Waals surface area contributed by atoms with Crippen molar-refractivity contribution in [3.8, 4) is 0 Å². The molecule has 21 heavy (non-hydrogen) atoms. The van der Waals surface area contributed by atoms with Gasteiger partial charge < -0.3 is 0 Å². The van der Waals surface area contributed by atoms with E-state index in [9.17, 15) is 8.42 Å². The largest absolute Gasteiger partial charge is 0.279 e. The molecule has 0 fully saturated rings. The Morgan fingerprint density at radius 3 is 2.43 bits per heavy atom. The van der Waals surface area contributed by atoms with Crippen molar-refractivity contribution >= 4 is 39.1 Å². The van der Waals surface area contributed by atoms with Crippen LogP contribution >= 0.6 is 23.4 Å². The third-order valence-electron chi connectivity index (χ3n) is 3.04. The van der Waals surface area contributed by atoms with E-state index >= 15 is 0 Å². The molecule has 6 heteroatoms. The minimum Gasteiger partial charge on any atom is -0.279 e. The minimum absolute atomic E-state index is 0.197. The van der Waals surface area contributed by atoms with Gasteiger partial charge in [-0.15, -0.1) is 11.8 Å². The van der Waals surface area contributed by atoms with Gasteiger partial charge in [-0.3, -0.25) is 4.72 Å². The second-order valence-electron chi connectivity index (χ2n) is 4.72.